The molecule has 3 amide bonds. The van der Waals surface area contributed by atoms with Crippen LogP contribution in [0.5, 0.6) is 0 Å². The minimum absolute atomic E-state index is 0. The first-order valence-electron chi connectivity index (χ1n) is 19.3. The van der Waals surface area contributed by atoms with Gasteiger partial charge in [-0.2, -0.15) is 6.42 Å². The van der Waals surface area contributed by atoms with E-state index in [0.29, 0.717) is 47.3 Å². The normalized spacial score (nSPS) is 17.7. The predicted molar refractivity (Wildman–Crippen MR) is 212 cm³/mol. The van der Waals surface area contributed by atoms with E-state index in [1.54, 1.807) is 17.3 Å². The Balaban J connectivity index is 0.00000455. The molecule has 0 aliphatic carbocycles. The second kappa shape index (κ2) is 16.5. The Kier molecular flexibility index (Phi) is 11.4. The number of fused-ring (bicyclic) bond motifs is 3. The molecular formula is C42H44FKN10O3. The average molecular weight is 795 g/mol. The number of benzene rings is 2. The molecule has 3 aromatic heterocycles. The molecule has 0 bridgehead atoms. The quantitative estimate of drug-likeness (QED) is 0.142. The number of halogens is 1. The summed E-state index contributed by atoms with van der Waals surface area (Å²) >= 11 is 0. The van der Waals surface area contributed by atoms with Gasteiger partial charge in [-0.15, -0.1) is 0 Å². The number of carbonyl (C=O) groups excluding carboxylic acids is 3. The van der Waals surface area contributed by atoms with Crippen molar-refractivity contribution in [2.24, 2.45) is 11.7 Å². The fourth-order valence-electron chi connectivity index (χ4n) is 8.79. The number of nitrogens with zero attached hydrogens (tertiary/aromatic N) is 7. The van der Waals surface area contributed by atoms with Crippen molar-refractivity contribution in [2.45, 2.75) is 38.4 Å². The van der Waals surface area contributed by atoms with Crippen LogP contribution in [0.2, 0.25) is 0 Å². The summed E-state index contributed by atoms with van der Waals surface area (Å²) in [6.45, 7) is 11.4. The van der Waals surface area contributed by atoms with Gasteiger partial charge >= 0.3 is 51.4 Å². The molecule has 4 aliphatic heterocycles. The Morgan fingerprint density at radius 1 is 0.930 bits per heavy atom. The third-order valence-corrected chi connectivity index (χ3v) is 11.9. The Hall–Kier alpha value is -4.38. The summed E-state index contributed by atoms with van der Waals surface area (Å²) in [5, 5.41) is 6.32. The summed E-state index contributed by atoms with van der Waals surface area (Å²) in [6, 6.07) is 16.0. The maximum atomic E-state index is 13.8. The zero-order chi connectivity index (χ0) is 38.5. The van der Waals surface area contributed by atoms with Crippen LogP contribution in [0.4, 0.5) is 27.3 Å². The van der Waals surface area contributed by atoms with E-state index in [9.17, 15) is 18.8 Å². The number of hydrogen-bond acceptors (Lipinski definition) is 9. The second-order valence-corrected chi connectivity index (χ2v) is 15.1. The van der Waals surface area contributed by atoms with Crippen LogP contribution in [0.3, 0.4) is 0 Å². The number of primary amides is 1. The van der Waals surface area contributed by atoms with E-state index in [2.05, 4.69) is 49.4 Å². The first kappa shape index (κ1) is 39.4. The van der Waals surface area contributed by atoms with E-state index in [1.165, 1.54) is 12.1 Å². The molecule has 2 saturated heterocycles. The smallest absolute Gasteiger partial charge is 0.370 e. The molecule has 288 valence electrons. The summed E-state index contributed by atoms with van der Waals surface area (Å²) in [7, 11) is 0. The largest absolute Gasteiger partial charge is 1.00 e. The van der Waals surface area contributed by atoms with Crippen LogP contribution < -0.4 is 77.6 Å². The molecule has 7 heterocycles. The summed E-state index contributed by atoms with van der Waals surface area (Å²) in [5.41, 5.74) is 13.6. The maximum Gasteiger partial charge on any atom is 1.00 e. The van der Waals surface area contributed by atoms with E-state index in [-0.39, 0.29) is 75.4 Å². The van der Waals surface area contributed by atoms with Crippen molar-refractivity contribution in [3.63, 3.8) is 0 Å². The number of piperazine rings is 1. The van der Waals surface area contributed by atoms with Gasteiger partial charge in [0.05, 0.1) is 41.1 Å². The van der Waals surface area contributed by atoms with Gasteiger partial charge in [-0.25, -0.2) is 14.4 Å². The molecule has 2 fully saturated rings. The maximum absolute atomic E-state index is 13.8. The number of hydrogen-bond donors (Lipinski definition) is 3. The summed E-state index contributed by atoms with van der Waals surface area (Å²) in [4.78, 5) is 55.8. The molecule has 9 rings (SSSR count). The number of pyridine rings is 2. The van der Waals surface area contributed by atoms with Gasteiger partial charge in [0, 0.05) is 88.0 Å². The van der Waals surface area contributed by atoms with Crippen molar-refractivity contribution in [1.29, 1.82) is 0 Å². The van der Waals surface area contributed by atoms with Crippen molar-refractivity contribution in [2.75, 3.05) is 60.9 Å². The SMILES string of the molecule is [CH2-]CC(C(N)=O)N1Cc2cc(N3CCN(CC4CCN(c5ccc(Nc6ccc(-c7cnc8cc(F)ccn78)c7c6C(=O)NC7)nc5)CC4)CC3)ccc2C1=O.[K+]. The molecule has 4 aliphatic rings. The van der Waals surface area contributed by atoms with Crippen LogP contribution in [0.15, 0.2) is 73.2 Å². The topological polar surface area (TPSA) is 144 Å². The molecular weight excluding hydrogens is 751 g/mol. The van der Waals surface area contributed by atoms with Gasteiger partial charge in [0.1, 0.15) is 17.3 Å². The van der Waals surface area contributed by atoms with E-state index < -0.39 is 11.9 Å². The van der Waals surface area contributed by atoms with Crippen molar-refractivity contribution in [3.8, 4) is 11.3 Å². The molecule has 13 nitrogen and oxygen atoms in total. The van der Waals surface area contributed by atoms with Crippen molar-refractivity contribution in [3.05, 3.63) is 108 Å². The zero-order valence-electron chi connectivity index (χ0n) is 32.1. The Morgan fingerprint density at radius 3 is 2.42 bits per heavy atom. The summed E-state index contributed by atoms with van der Waals surface area (Å²) in [5.74, 6) is 0.115. The number of amides is 3. The van der Waals surface area contributed by atoms with E-state index in [0.717, 1.165) is 92.4 Å². The number of carbonyl (C=O) groups is 3. The van der Waals surface area contributed by atoms with Crippen molar-refractivity contribution < 1.29 is 70.2 Å². The molecule has 1 atom stereocenters. The number of nitrogens with two attached hydrogens (primary N) is 1. The Labute approximate surface area is 373 Å². The second-order valence-electron chi connectivity index (χ2n) is 15.1. The van der Waals surface area contributed by atoms with Crippen molar-refractivity contribution in [1.82, 2.24) is 29.5 Å². The Bertz CT molecular complexity index is 2340. The summed E-state index contributed by atoms with van der Waals surface area (Å²) in [6.07, 6.45) is 7.75. The number of rotatable bonds is 10. The minimum Gasteiger partial charge on any atom is -0.370 e. The molecule has 0 spiro atoms. The number of nitrogens with one attached hydrogen (secondary N) is 2. The molecule has 1 unspecified atom stereocenters. The van der Waals surface area contributed by atoms with Gasteiger partial charge in [0.15, 0.2) is 0 Å². The predicted octanol–water partition coefficient (Wildman–Crippen LogP) is 1.60. The molecule has 15 heteroatoms. The van der Waals surface area contributed by atoms with Crippen LogP contribution in [0, 0.1) is 18.7 Å². The van der Waals surface area contributed by atoms with E-state index in [1.807, 2.05) is 40.9 Å². The molecule has 4 N–H and O–H groups in total. The number of imidazole rings is 1. The molecule has 5 aromatic rings. The van der Waals surface area contributed by atoms with Gasteiger partial charge in [-0.1, -0.05) is 6.07 Å². The van der Waals surface area contributed by atoms with Gasteiger partial charge in [0.25, 0.3) is 11.8 Å². The standard InChI is InChI=1S/C42H44FN10O3.K/c1-2-35(40(44)54)53-25-27-19-29(3-5-31(27)42(53)56)51-17-15-49(16-18-51)24-26-9-12-50(13-10-26)30-4-8-37(45-21-30)48-34-7-6-32(33-22-47-41(55)39(33)34)36-23-46-38-20-28(43)11-14-52(36)38;/h3-8,11,14,19-21,23,26,35H,1-2,9-10,12-13,15-18,22,24-25H2,(H2,44,54)(H,45,48)(H,47,55);/q-1;+1. The number of anilines is 4. The third kappa shape index (κ3) is 7.68. The average Bonchev–Trinajstić information content (AvgIpc) is 3.91. The first-order valence-corrected chi connectivity index (χ1v) is 19.3. The van der Waals surface area contributed by atoms with E-state index in [4.69, 9.17) is 10.7 Å². The fraction of sp³-hybridized carbons (Fsp3) is 0.333. The monoisotopic (exact) mass is 794 g/mol. The molecule has 57 heavy (non-hydrogen) atoms. The number of aromatic nitrogens is 3. The van der Waals surface area contributed by atoms with Crippen molar-refractivity contribution >= 4 is 46.2 Å². The minimum atomic E-state index is -0.690. The fourth-order valence-corrected chi connectivity index (χ4v) is 8.79. The van der Waals surface area contributed by atoms with Gasteiger partial charge in [0.2, 0.25) is 5.91 Å². The molecule has 0 saturated carbocycles. The zero-order valence-corrected chi connectivity index (χ0v) is 35.2. The van der Waals surface area contributed by atoms with Gasteiger partial charge < -0.3 is 38.0 Å². The first-order chi connectivity index (χ1) is 27.2. The summed E-state index contributed by atoms with van der Waals surface area (Å²) < 4.78 is 15.6. The van der Waals surface area contributed by atoms with Gasteiger partial charge in [-0.3, -0.25) is 23.7 Å². The van der Waals surface area contributed by atoms with Crippen LogP contribution in [-0.4, -0.2) is 93.7 Å². The Morgan fingerprint density at radius 2 is 1.68 bits per heavy atom. The molecule has 0 radical (unpaired) electrons. The van der Waals surface area contributed by atoms with Crippen LogP contribution in [-0.2, 0) is 17.9 Å². The van der Waals surface area contributed by atoms with Crippen LogP contribution in [0.1, 0.15) is 51.1 Å². The number of piperidine rings is 1. The van der Waals surface area contributed by atoms with E-state index >= 15 is 0 Å². The van der Waals surface area contributed by atoms with Gasteiger partial charge in [-0.05, 0) is 72.4 Å². The van der Waals surface area contributed by atoms with Crippen LogP contribution in [0.25, 0.3) is 16.9 Å². The van der Waals surface area contributed by atoms with Crippen LogP contribution >= 0.6 is 0 Å². The molecule has 2 aromatic carbocycles. The third-order valence-electron chi connectivity index (χ3n) is 11.9.